The van der Waals surface area contributed by atoms with Crippen LogP contribution in [0.3, 0.4) is 0 Å². The monoisotopic (exact) mass is 317 g/mol. The maximum atomic E-state index is 12.4. The molecule has 1 atom stereocenters. The molecule has 0 radical (unpaired) electrons. The molecule has 126 valence electrons. The highest BCUT2D eigenvalue weighted by atomic mass is 16.2. The lowest BCUT2D eigenvalue weighted by Gasteiger charge is -2.26. The molecule has 1 aliphatic rings. The van der Waals surface area contributed by atoms with Crippen molar-refractivity contribution in [3.05, 3.63) is 30.1 Å². The molecule has 0 saturated heterocycles. The summed E-state index contributed by atoms with van der Waals surface area (Å²) in [6.07, 6.45) is 8.73. The summed E-state index contributed by atoms with van der Waals surface area (Å²) >= 11 is 0. The van der Waals surface area contributed by atoms with E-state index in [0.29, 0.717) is 6.54 Å². The molecule has 2 N–H and O–H groups in total. The number of carbonyl (C=O) groups is 2. The Labute approximate surface area is 138 Å². The molecule has 1 aromatic heterocycles. The summed E-state index contributed by atoms with van der Waals surface area (Å²) in [6.45, 7) is 4.33. The number of aromatic nitrogens is 1. The van der Waals surface area contributed by atoms with Gasteiger partial charge >= 0.3 is 0 Å². The Morgan fingerprint density at radius 3 is 2.61 bits per heavy atom. The highest BCUT2D eigenvalue weighted by Gasteiger charge is 2.28. The summed E-state index contributed by atoms with van der Waals surface area (Å²) in [6, 6.07) is 3.27. The van der Waals surface area contributed by atoms with Crippen molar-refractivity contribution in [3.8, 4) is 0 Å². The van der Waals surface area contributed by atoms with Gasteiger partial charge in [-0.25, -0.2) is 0 Å². The summed E-state index contributed by atoms with van der Waals surface area (Å²) in [5.74, 6) is 0.0144. The molecule has 0 spiro atoms. The first-order valence-corrected chi connectivity index (χ1v) is 8.55. The van der Waals surface area contributed by atoms with E-state index in [0.717, 1.165) is 31.2 Å². The van der Waals surface area contributed by atoms with E-state index in [-0.39, 0.29) is 23.7 Å². The van der Waals surface area contributed by atoms with E-state index in [9.17, 15) is 9.59 Å². The Morgan fingerprint density at radius 1 is 1.26 bits per heavy atom. The highest BCUT2D eigenvalue weighted by Crippen LogP contribution is 2.24. The maximum Gasteiger partial charge on any atom is 0.243 e. The van der Waals surface area contributed by atoms with E-state index in [1.54, 1.807) is 12.4 Å². The Hall–Kier alpha value is -1.91. The Kier molecular flexibility index (Phi) is 6.56. The molecule has 0 aromatic carbocycles. The van der Waals surface area contributed by atoms with Crippen LogP contribution in [0, 0.1) is 11.8 Å². The smallest absolute Gasteiger partial charge is 0.243 e. The van der Waals surface area contributed by atoms with Gasteiger partial charge in [0, 0.05) is 24.9 Å². The zero-order chi connectivity index (χ0) is 16.7. The largest absolute Gasteiger partial charge is 0.350 e. The molecule has 5 nitrogen and oxygen atoms in total. The van der Waals surface area contributed by atoms with E-state index in [4.69, 9.17) is 0 Å². The molecule has 1 aliphatic carbocycles. The van der Waals surface area contributed by atoms with Crippen molar-refractivity contribution in [1.82, 2.24) is 15.6 Å². The third-order valence-corrected chi connectivity index (χ3v) is 4.41. The van der Waals surface area contributed by atoms with Gasteiger partial charge in [0.05, 0.1) is 0 Å². The number of hydrogen-bond acceptors (Lipinski definition) is 3. The number of nitrogens with zero attached hydrogens (tertiary/aromatic N) is 1. The SMILES string of the molecule is CC(C)[C@H](NC(=O)C1CCCCC1)C(=O)NCc1cccnc1. The van der Waals surface area contributed by atoms with Gasteiger partial charge in [0.2, 0.25) is 11.8 Å². The lowest BCUT2D eigenvalue weighted by Crippen LogP contribution is -2.51. The summed E-state index contributed by atoms with van der Waals surface area (Å²) in [5, 5.41) is 5.85. The van der Waals surface area contributed by atoms with Crippen molar-refractivity contribution in [2.24, 2.45) is 11.8 Å². The quantitative estimate of drug-likeness (QED) is 0.846. The van der Waals surface area contributed by atoms with Crippen molar-refractivity contribution in [2.75, 3.05) is 0 Å². The van der Waals surface area contributed by atoms with Crippen LogP contribution < -0.4 is 10.6 Å². The van der Waals surface area contributed by atoms with E-state index in [1.807, 2.05) is 26.0 Å². The fourth-order valence-corrected chi connectivity index (χ4v) is 2.97. The summed E-state index contributed by atoms with van der Waals surface area (Å²) < 4.78 is 0. The summed E-state index contributed by atoms with van der Waals surface area (Å²) in [5.41, 5.74) is 0.946. The maximum absolute atomic E-state index is 12.4. The predicted molar refractivity (Wildman–Crippen MR) is 89.4 cm³/mol. The Morgan fingerprint density at radius 2 is 2.00 bits per heavy atom. The van der Waals surface area contributed by atoms with Gasteiger partial charge < -0.3 is 10.6 Å². The van der Waals surface area contributed by atoms with Crippen molar-refractivity contribution >= 4 is 11.8 Å². The topological polar surface area (TPSA) is 71.1 Å². The molecule has 0 aliphatic heterocycles. The average molecular weight is 317 g/mol. The molecule has 0 unspecified atom stereocenters. The average Bonchev–Trinajstić information content (AvgIpc) is 2.58. The normalized spacial score (nSPS) is 16.8. The zero-order valence-corrected chi connectivity index (χ0v) is 14.0. The van der Waals surface area contributed by atoms with Crippen molar-refractivity contribution in [1.29, 1.82) is 0 Å². The van der Waals surface area contributed by atoms with Crippen LogP contribution in [0.25, 0.3) is 0 Å². The third-order valence-electron chi connectivity index (χ3n) is 4.41. The number of pyridine rings is 1. The van der Waals surface area contributed by atoms with E-state index in [1.165, 1.54) is 6.42 Å². The molecular weight excluding hydrogens is 290 g/mol. The fourth-order valence-electron chi connectivity index (χ4n) is 2.97. The second-order valence-electron chi connectivity index (χ2n) is 6.64. The van der Waals surface area contributed by atoms with Gasteiger partial charge in [-0.1, -0.05) is 39.2 Å². The van der Waals surface area contributed by atoms with Crippen LogP contribution in [-0.2, 0) is 16.1 Å². The number of amides is 2. The van der Waals surface area contributed by atoms with Crippen LogP contribution >= 0.6 is 0 Å². The van der Waals surface area contributed by atoms with Crippen LogP contribution in [0.1, 0.15) is 51.5 Å². The number of nitrogens with one attached hydrogen (secondary N) is 2. The van der Waals surface area contributed by atoms with Gasteiger partial charge in [0.1, 0.15) is 6.04 Å². The molecule has 2 rings (SSSR count). The second-order valence-corrected chi connectivity index (χ2v) is 6.64. The molecule has 1 saturated carbocycles. The van der Waals surface area contributed by atoms with Gasteiger partial charge in [-0.3, -0.25) is 14.6 Å². The minimum atomic E-state index is -0.485. The number of hydrogen-bond donors (Lipinski definition) is 2. The predicted octanol–water partition coefficient (Wildman–Crippen LogP) is 2.42. The second kappa shape index (κ2) is 8.65. The number of carbonyl (C=O) groups excluding carboxylic acids is 2. The Balaban J connectivity index is 1.89. The minimum Gasteiger partial charge on any atom is -0.350 e. The first-order chi connectivity index (χ1) is 11.1. The van der Waals surface area contributed by atoms with Crippen LogP contribution in [0.2, 0.25) is 0 Å². The molecule has 5 heteroatoms. The van der Waals surface area contributed by atoms with Gasteiger partial charge in [-0.05, 0) is 30.4 Å². The van der Waals surface area contributed by atoms with E-state index >= 15 is 0 Å². The zero-order valence-electron chi connectivity index (χ0n) is 14.0. The first-order valence-electron chi connectivity index (χ1n) is 8.55. The molecule has 1 heterocycles. The molecule has 0 bridgehead atoms. The van der Waals surface area contributed by atoms with E-state index in [2.05, 4.69) is 15.6 Å². The van der Waals surface area contributed by atoms with Gasteiger partial charge in [0.15, 0.2) is 0 Å². The molecule has 1 aromatic rings. The van der Waals surface area contributed by atoms with Gasteiger partial charge in [0.25, 0.3) is 0 Å². The summed E-state index contributed by atoms with van der Waals surface area (Å²) in [4.78, 5) is 28.9. The van der Waals surface area contributed by atoms with Crippen molar-refractivity contribution in [2.45, 2.75) is 58.5 Å². The molecular formula is C18H27N3O2. The van der Waals surface area contributed by atoms with Crippen LogP contribution in [-0.4, -0.2) is 22.8 Å². The van der Waals surface area contributed by atoms with Crippen LogP contribution in [0.15, 0.2) is 24.5 Å². The van der Waals surface area contributed by atoms with E-state index < -0.39 is 6.04 Å². The van der Waals surface area contributed by atoms with Crippen molar-refractivity contribution in [3.63, 3.8) is 0 Å². The van der Waals surface area contributed by atoms with Crippen LogP contribution in [0.5, 0.6) is 0 Å². The standard InChI is InChI=1S/C18H27N3O2/c1-13(2)16(21-17(22)15-8-4-3-5-9-15)18(23)20-12-14-7-6-10-19-11-14/h6-7,10-11,13,15-16H,3-5,8-9,12H2,1-2H3,(H,20,23)(H,21,22)/t16-/m0/s1. The van der Waals surface area contributed by atoms with Crippen LogP contribution in [0.4, 0.5) is 0 Å². The van der Waals surface area contributed by atoms with Gasteiger partial charge in [-0.2, -0.15) is 0 Å². The molecule has 2 amide bonds. The molecule has 1 fully saturated rings. The number of rotatable bonds is 6. The molecule has 23 heavy (non-hydrogen) atoms. The third kappa shape index (κ3) is 5.34. The van der Waals surface area contributed by atoms with Gasteiger partial charge in [-0.15, -0.1) is 0 Å². The lowest BCUT2D eigenvalue weighted by atomic mass is 9.88. The first kappa shape index (κ1) is 17.4. The summed E-state index contributed by atoms with van der Waals surface area (Å²) in [7, 11) is 0. The minimum absolute atomic E-state index is 0.0277. The fraction of sp³-hybridized carbons (Fsp3) is 0.611. The Bertz CT molecular complexity index is 510. The lowest BCUT2D eigenvalue weighted by molar-refractivity contribution is -0.132. The highest BCUT2D eigenvalue weighted by molar-refractivity contribution is 5.88. The van der Waals surface area contributed by atoms with Crippen molar-refractivity contribution < 1.29 is 9.59 Å².